The zero-order chi connectivity index (χ0) is 26.4. The molecule has 0 bridgehead atoms. The Kier molecular flexibility index (Phi) is 7.50. The highest BCUT2D eigenvalue weighted by molar-refractivity contribution is 7.16. The lowest BCUT2D eigenvalue weighted by Gasteiger charge is -2.12. The minimum absolute atomic E-state index is 0.0393. The molecule has 1 aliphatic rings. The lowest BCUT2D eigenvalue weighted by molar-refractivity contribution is 0.0951. The molecule has 0 radical (unpaired) electrons. The number of aryl methyl sites for hydroxylation is 1. The van der Waals surface area contributed by atoms with Gasteiger partial charge in [0.05, 0.1) is 5.56 Å². The maximum atomic E-state index is 13.3. The van der Waals surface area contributed by atoms with Crippen LogP contribution in [0.3, 0.4) is 0 Å². The van der Waals surface area contributed by atoms with Gasteiger partial charge in [0.1, 0.15) is 17.4 Å². The molecule has 1 amide bonds. The van der Waals surface area contributed by atoms with Gasteiger partial charge in [-0.2, -0.15) is 0 Å². The molecule has 39 heavy (non-hydrogen) atoms. The first kappa shape index (κ1) is 25.1. The number of nitrogens with one attached hydrogen (secondary N) is 1. The topological polar surface area (TPSA) is 50.7 Å². The Morgan fingerprint density at radius 2 is 1.64 bits per heavy atom. The highest BCUT2D eigenvalue weighted by Crippen LogP contribution is 2.40. The van der Waals surface area contributed by atoms with Crippen LogP contribution in [0.4, 0.5) is 5.00 Å². The molecule has 5 aromatic rings. The molecule has 4 nitrogen and oxygen atoms in total. The quantitative estimate of drug-likeness (QED) is 0.206. The highest BCUT2D eigenvalue weighted by atomic mass is 32.1. The van der Waals surface area contributed by atoms with Gasteiger partial charge >= 0.3 is 0 Å². The minimum atomic E-state index is -0.0393. The average Bonchev–Trinajstić information content (AvgIpc) is 3.37. The largest absolute Gasteiger partial charge is 0.489 e. The van der Waals surface area contributed by atoms with Crippen molar-refractivity contribution in [2.45, 2.75) is 38.8 Å². The number of benzene rings is 4. The van der Waals surface area contributed by atoms with Gasteiger partial charge in [0.2, 0.25) is 0 Å². The van der Waals surface area contributed by atoms with E-state index in [0.29, 0.717) is 13.2 Å². The SMILES string of the molecule is O=C(NCc1ccccc1)c1c(N=Cc2ccc(OCc3cccc4ccccc34)cc2)sc2c1CCCC2. The van der Waals surface area contributed by atoms with Crippen molar-refractivity contribution >= 4 is 39.2 Å². The molecular formula is C34H30N2O2S. The Morgan fingerprint density at radius 1 is 0.872 bits per heavy atom. The summed E-state index contributed by atoms with van der Waals surface area (Å²) in [5, 5.41) is 6.34. The number of rotatable bonds is 8. The molecular weight excluding hydrogens is 500 g/mol. The van der Waals surface area contributed by atoms with E-state index < -0.39 is 0 Å². The second-order valence-electron chi connectivity index (χ2n) is 9.81. The zero-order valence-corrected chi connectivity index (χ0v) is 22.5. The second-order valence-corrected chi connectivity index (χ2v) is 10.9. The van der Waals surface area contributed by atoms with E-state index in [4.69, 9.17) is 9.73 Å². The Hall–Kier alpha value is -4.22. The van der Waals surface area contributed by atoms with Crippen molar-refractivity contribution in [3.63, 3.8) is 0 Å². The van der Waals surface area contributed by atoms with Gasteiger partial charge in [-0.25, -0.2) is 4.99 Å². The van der Waals surface area contributed by atoms with E-state index >= 15 is 0 Å². The van der Waals surface area contributed by atoms with Crippen LogP contribution in [0.1, 0.15) is 50.3 Å². The van der Waals surface area contributed by atoms with Gasteiger partial charge in [-0.1, -0.05) is 72.8 Å². The zero-order valence-electron chi connectivity index (χ0n) is 21.7. The van der Waals surface area contributed by atoms with Gasteiger partial charge in [0.25, 0.3) is 5.91 Å². The monoisotopic (exact) mass is 530 g/mol. The van der Waals surface area contributed by atoms with Crippen molar-refractivity contribution in [2.75, 3.05) is 0 Å². The number of ether oxygens (including phenoxy) is 1. The van der Waals surface area contributed by atoms with Crippen molar-refractivity contribution in [3.8, 4) is 5.75 Å². The summed E-state index contributed by atoms with van der Waals surface area (Å²) in [5.74, 6) is 0.773. The number of fused-ring (bicyclic) bond motifs is 2. The van der Waals surface area contributed by atoms with E-state index in [2.05, 4.69) is 47.8 Å². The van der Waals surface area contributed by atoms with Crippen molar-refractivity contribution in [1.82, 2.24) is 5.32 Å². The number of thiophene rings is 1. The van der Waals surface area contributed by atoms with E-state index in [1.807, 2.05) is 60.8 Å². The summed E-state index contributed by atoms with van der Waals surface area (Å²) in [4.78, 5) is 19.4. The molecule has 1 heterocycles. The van der Waals surface area contributed by atoms with Gasteiger partial charge in [-0.3, -0.25) is 4.79 Å². The third-order valence-electron chi connectivity index (χ3n) is 7.16. The standard InChI is InChI=1S/C34H30N2O2S/c37-33(35-21-24-9-2-1-3-10-24)32-30-15-6-7-16-31(30)39-34(32)36-22-25-17-19-28(20-18-25)38-23-27-13-8-12-26-11-4-5-14-29(26)27/h1-5,8-14,17-20,22H,6-7,15-16,21,23H2,(H,35,37). The van der Waals surface area contributed by atoms with E-state index in [1.165, 1.54) is 33.2 Å². The summed E-state index contributed by atoms with van der Waals surface area (Å²) in [6, 6.07) is 32.6. The van der Waals surface area contributed by atoms with Crippen molar-refractivity contribution in [1.29, 1.82) is 0 Å². The van der Waals surface area contributed by atoms with Crippen molar-refractivity contribution in [3.05, 3.63) is 130 Å². The number of aliphatic imine (C=N–C) groups is 1. The predicted octanol–water partition coefficient (Wildman–Crippen LogP) is 8.04. The van der Waals surface area contributed by atoms with E-state index in [9.17, 15) is 4.79 Å². The Labute approximate surface area is 233 Å². The third kappa shape index (κ3) is 5.79. The minimum Gasteiger partial charge on any atom is -0.489 e. The summed E-state index contributed by atoms with van der Waals surface area (Å²) >= 11 is 1.66. The average molecular weight is 531 g/mol. The molecule has 1 aliphatic carbocycles. The van der Waals surface area contributed by atoms with Gasteiger partial charge in [0, 0.05) is 17.6 Å². The number of amides is 1. The number of carbonyl (C=O) groups is 1. The lowest BCUT2D eigenvalue weighted by Crippen LogP contribution is -2.24. The number of hydrogen-bond donors (Lipinski definition) is 1. The van der Waals surface area contributed by atoms with Crippen LogP contribution >= 0.6 is 11.3 Å². The lowest BCUT2D eigenvalue weighted by atomic mass is 9.95. The summed E-state index contributed by atoms with van der Waals surface area (Å²) in [6.45, 7) is 1.02. The maximum absolute atomic E-state index is 13.3. The Morgan fingerprint density at radius 3 is 2.51 bits per heavy atom. The van der Waals surface area contributed by atoms with Gasteiger partial charge in [-0.15, -0.1) is 11.3 Å². The first-order chi connectivity index (χ1) is 19.2. The molecule has 0 atom stereocenters. The molecule has 194 valence electrons. The van der Waals surface area contributed by atoms with Gasteiger partial charge in [0.15, 0.2) is 0 Å². The molecule has 0 aliphatic heterocycles. The predicted molar refractivity (Wildman–Crippen MR) is 161 cm³/mol. The number of hydrogen-bond acceptors (Lipinski definition) is 4. The first-order valence-corrected chi connectivity index (χ1v) is 14.3. The van der Waals surface area contributed by atoms with Crippen LogP contribution in [-0.2, 0) is 26.0 Å². The fraction of sp³-hybridized carbons (Fsp3) is 0.176. The van der Waals surface area contributed by atoms with Gasteiger partial charge < -0.3 is 10.1 Å². The highest BCUT2D eigenvalue weighted by Gasteiger charge is 2.25. The van der Waals surface area contributed by atoms with Crippen LogP contribution in [0.15, 0.2) is 102 Å². The molecule has 0 fully saturated rings. The summed E-state index contributed by atoms with van der Waals surface area (Å²) in [6.07, 6.45) is 6.10. The van der Waals surface area contributed by atoms with Crippen molar-refractivity contribution in [2.24, 2.45) is 4.99 Å². The van der Waals surface area contributed by atoms with Crippen LogP contribution in [0, 0.1) is 0 Å². The molecule has 0 saturated heterocycles. The van der Waals surface area contributed by atoms with E-state index in [-0.39, 0.29) is 5.91 Å². The van der Waals surface area contributed by atoms with Crippen LogP contribution in [0.2, 0.25) is 0 Å². The summed E-state index contributed by atoms with van der Waals surface area (Å²) in [7, 11) is 0. The number of nitrogens with zero attached hydrogens (tertiary/aromatic N) is 1. The van der Waals surface area contributed by atoms with Crippen molar-refractivity contribution < 1.29 is 9.53 Å². The van der Waals surface area contributed by atoms with Crippen LogP contribution in [0.5, 0.6) is 5.75 Å². The fourth-order valence-electron chi connectivity index (χ4n) is 5.11. The van der Waals surface area contributed by atoms with E-state index in [1.54, 1.807) is 11.3 Å². The first-order valence-electron chi connectivity index (χ1n) is 13.4. The van der Waals surface area contributed by atoms with Crippen LogP contribution in [0.25, 0.3) is 10.8 Å². The molecule has 4 aromatic carbocycles. The molecule has 0 spiro atoms. The molecule has 1 aromatic heterocycles. The van der Waals surface area contributed by atoms with Gasteiger partial charge in [-0.05, 0) is 83.0 Å². The molecule has 6 rings (SSSR count). The second kappa shape index (κ2) is 11.7. The van der Waals surface area contributed by atoms with Crippen LogP contribution in [-0.4, -0.2) is 12.1 Å². The number of carbonyl (C=O) groups excluding carboxylic acids is 1. The summed E-state index contributed by atoms with van der Waals surface area (Å²) in [5.41, 5.74) is 5.15. The maximum Gasteiger partial charge on any atom is 0.254 e. The fourth-order valence-corrected chi connectivity index (χ4v) is 6.34. The summed E-state index contributed by atoms with van der Waals surface area (Å²) < 4.78 is 6.09. The molecule has 1 N–H and O–H groups in total. The molecule has 5 heteroatoms. The Bertz CT molecular complexity index is 1620. The van der Waals surface area contributed by atoms with Crippen LogP contribution < -0.4 is 10.1 Å². The van der Waals surface area contributed by atoms with E-state index in [0.717, 1.165) is 46.7 Å². The third-order valence-corrected chi connectivity index (χ3v) is 8.36. The molecule has 0 saturated carbocycles. The smallest absolute Gasteiger partial charge is 0.254 e. The normalized spacial score (nSPS) is 12.9. The Balaban J connectivity index is 1.16. The molecule has 0 unspecified atom stereocenters.